The molecule has 15 heteroatoms. The van der Waals surface area contributed by atoms with Crippen molar-refractivity contribution < 1.29 is 31.4 Å². The molecule has 34 heavy (non-hydrogen) atoms. The topological polar surface area (TPSA) is 144 Å². The second-order valence-corrected chi connectivity index (χ2v) is 8.54. The van der Waals surface area contributed by atoms with Gasteiger partial charge in [0, 0.05) is 22.7 Å². The van der Waals surface area contributed by atoms with Crippen LogP contribution >= 0.6 is 11.6 Å². The van der Waals surface area contributed by atoms with Crippen molar-refractivity contribution in [2.75, 3.05) is 14.2 Å². The molecule has 0 amide bonds. The van der Waals surface area contributed by atoms with Crippen molar-refractivity contribution in [3.8, 4) is 34.6 Å². The Labute approximate surface area is 196 Å². The van der Waals surface area contributed by atoms with Crippen LogP contribution in [0.5, 0.6) is 17.5 Å². The predicted octanol–water partition coefficient (Wildman–Crippen LogP) is 2.80. The van der Waals surface area contributed by atoms with Gasteiger partial charge in [-0.3, -0.25) is 4.57 Å². The summed E-state index contributed by atoms with van der Waals surface area (Å²) in [6, 6.07) is 4.58. The van der Waals surface area contributed by atoms with Gasteiger partial charge in [0.05, 0.1) is 37.2 Å². The van der Waals surface area contributed by atoms with E-state index >= 15 is 0 Å². The number of nitrogens with zero attached hydrogens (tertiary/aromatic N) is 5. The van der Waals surface area contributed by atoms with Gasteiger partial charge in [-0.25, -0.2) is 13.6 Å². The van der Waals surface area contributed by atoms with E-state index in [0.29, 0.717) is 11.1 Å². The molecule has 3 heterocycles. The number of sulfonamides is 1. The fraction of sp³-hybridized carbons (Fsp3) is 0.158. The van der Waals surface area contributed by atoms with Gasteiger partial charge in [0.25, 0.3) is 11.8 Å². The Hall–Kier alpha value is -3.62. The molecule has 2 N–H and O–H groups in total. The minimum atomic E-state index is -4.22. The molecular formula is C19H15ClF2N6O5S. The van der Waals surface area contributed by atoms with E-state index in [2.05, 4.69) is 24.9 Å². The van der Waals surface area contributed by atoms with Crippen LogP contribution in [-0.4, -0.2) is 54.0 Å². The first-order valence-electron chi connectivity index (χ1n) is 9.24. The van der Waals surface area contributed by atoms with Crippen molar-refractivity contribution in [2.45, 2.75) is 11.5 Å². The van der Waals surface area contributed by atoms with Crippen LogP contribution in [0, 0.1) is 0 Å². The third-order valence-corrected chi connectivity index (χ3v) is 5.91. The number of alkyl halides is 2. The highest BCUT2D eigenvalue weighted by molar-refractivity contribution is 7.89. The molecule has 4 rings (SSSR count). The van der Waals surface area contributed by atoms with Crippen LogP contribution < -0.4 is 19.3 Å². The van der Waals surface area contributed by atoms with E-state index in [4.69, 9.17) is 26.2 Å². The van der Waals surface area contributed by atoms with Crippen molar-refractivity contribution in [2.24, 2.45) is 5.14 Å². The van der Waals surface area contributed by atoms with Crippen LogP contribution in [0.2, 0.25) is 5.02 Å². The molecule has 178 valence electrons. The maximum absolute atomic E-state index is 12.9. The minimum Gasteiger partial charge on any atom is -0.478 e. The van der Waals surface area contributed by atoms with Crippen molar-refractivity contribution in [3.05, 3.63) is 41.8 Å². The van der Waals surface area contributed by atoms with Gasteiger partial charge < -0.3 is 14.2 Å². The van der Waals surface area contributed by atoms with E-state index < -0.39 is 22.4 Å². The first kappa shape index (κ1) is 23.5. The number of nitrogens with two attached hydrogens (primary N) is 1. The highest BCUT2D eigenvalue weighted by atomic mass is 35.5. The van der Waals surface area contributed by atoms with E-state index in [9.17, 15) is 17.2 Å². The lowest BCUT2D eigenvalue weighted by molar-refractivity contribution is -0.0534. The summed E-state index contributed by atoms with van der Waals surface area (Å²) in [6.07, 6.45) is 4.03. The van der Waals surface area contributed by atoms with E-state index in [1.54, 1.807) is 6.07 Å². The Bertz CT molecular complexity index is 1460. The molecule has 0 saturated carbocycles. The molecule has 0 aliphatic carbocycles. The summed E-state index contributed by atoms with van der Waals surface area (Å²) in [4.78, 5) is 7.98. The summed E-state index contributed by atoms with van der Waals surface area (Å²) in [5.41, 5.74) is 1.12. The third kappa shape index (κ3) is 4.18. The maximum atomic E-state index is 12.9. The molecular weight excluding hydrogens is 498 g/mol. The molecule has 11 nitrogen and oxygen atoms in total. The van der Waals surface area contributed by atoms with Crippen molar-refractivity contribution in [1.29, 1.82) is 0 Å². The molecule has 0 saturated heterocycles. The lowest BCUT2D eigenvalue weighted by atomic mass is 10.1. The summed E-state index contributed by atoms with van der Waals surface area (Å²) < 4.78 is 66.4. The van der Waals surface area contributed by atoms with E-state index in [-0.39, 0.29) is 38.5 Å². The number of aromatic nitrogens is 5. The molecule has 0 spiro atoms. The SMILES string of the molecule is COc1nc(-n2cc(S(N)(=O)=O)c3ccc(Cl)c(-c4ccnnc4)c32)nc(OC)c1OC(F)F. The Morgan fingerprint density at radius 1 is 1.09 bits per heavy atom. The van der Waals surface area contributed by atoms with Crippen LogP contribution in [0.3, 0.4) is 0 Å². The fourth-order valence-electron chi connectivity index (χ4n) is 3.34. The van der Waals surface area contributed by atoms with E-state index in [1.165, 1.54) is 49.5 Å². The second-order valence-electron chi connectivity index (χ2n) is 6.61. The number of hydrogen-bond donors (Lipinski definition) is 1. The number of rotatable bonds is 7. The molecule has 0 radical (unpaired) electrons. The van der Waals surface area contributed by atoms with Crippen molar-refractivity contribution >= 4 is 32.5 Å². The monoisotopic (exact) mass is 512 g/mol. The van der Waals surface area contributed by atoms with Gasteiger partial charge in [-0.1, -0.05) is 11.6 Å². The zero-order valence-electron chi connectivity index (χ0n) is 17.4. The normalized spacial score (nSPS) is 11.7. The average molecular weight is 513 g/mol. The first-order chi connectivity index (χ1) is 16.2. The quantitative estimate of drug-likeness (QED) is 0.395. The van der Waals surface area contributed by atoms with Gasteiger partial charge in [0.1, 0.15) is 4.90 Å². The van der Waals surface area contributed by atoms with Crippen LogP contribution in [0.4, 0.5) is 8.78 Å². The summed E-state index contributed by atoms with van der Waals surface area (Å²) in [5.74, 6) is -1.49. The molecule has 0 unspecified atom stereocenters. The average Bonchev–Trinajstić information content (AvgIpc) is 3.19. The lowest BCUT2D eigenvalue weighted by Gasteiger charge is -2.15. The lowest BCUT2D eigenvalue weighted by Crippen LogP contribution is -2.12. The smallest absolute Gasteiger partial charge is 0.387 e. The maximum Gasteiger partial charge on any atom is 0.387 e. The molecule has 0 aliphatic rings. The molecule has 1 aromatic carbocycles. The van der Waals surface area contributed by atoms with Crippen LogP contribution in [0.1, 0.15) is 0 Å². The van der Waals surface area contributed by atoms with Crippen LogP contribution in [-0.2, 0) is 10.0 Å². The van der Waals surface area contributed by atoms with Crippen molar-refractivity contribution in [1.82, 2.24) is 24.7 Å². The zero-order chi connectivity index (χ0) is 24.6. The number of fused-ring (bicyclic) bond motifs is 1. The molecule has 3 aromatic heterocycles. The van der Waals surface area contributed by atoms with Gasteiger partial charge in [-0.05, 0) is 18.2 Å². The van der Waals surface area contributed by atoms with E-state index in [1.807, 2.05) is 0 Å². The number of primary sulfonamides is 1. The highest BCUT2D eigenvalue weighted by Crippen LogP contribution is 2.41. The Kier molecular flexibility index (Phi) is 6.20. The Morgan fingerprint density at radius 2 is 1.76 bits per heavy atom. The van der Waals surface area contributed by atoms with E-state index in [0.717, 1.165) is 0 Å². The number of hydrogen-bond acceptors (Lipinski definition) is 9. The standard InChI is InChI=1S/C19H15ClF2N6O5S/c1-31-16-15(33-18(21)22)17(32-2)27-19(26-16)28-8-12(34(23,29)30)10-3-4-11(20)13(14(10)28)9-5-6-24-25-7-9/h3-8,18H,1-2H3,(H2,23,29,30). The summed E-state index contributed by atoms with van der Waals surface area (Å²) in [7, 11) is -1.86. The first-order valence-corrected chi connectivity index (χ1v) is 11.2. The molecule has 0 atom stereocenters. The summed E-state index contributed by atoms with van der Waals surface area (Å²) >= 11 is 6.48. The molecule has 0 fully saturated rings. The van der Waals surface area contributed by atoms with Crippen LogP contribution in [0.15, 0.2) is 41.7 Å². The number of benzene rings is 1. The van der Waals surface area contributed by atoms with Gasteiger partial charge >= 0.3 is 6.61 Å². The van der Waals surface area contributed by atoms with Gasteiger partial charge in [-0.2, -0.15) is 28.9 Å². The second kappa shape index (κ2) is 8.96. The van der Waals surface area contributed by atoms with Gasteiger partial charge in [-0.15, -0.1) is 0 Å². The minimum absolute atomic E-state index is 0.194. The van der Waals surface area contributed by atoms with Gasteiger partial charge in [0.2, 0.25) is 21.7 Å². The summed E-state index contributed by atoms with van der Waals surface area (Å²) in [6.45, 7) is -3.21. The Morgan fingerprint density at radius 3 is 2.29 bits per heavy atom. The van der Waals surface area contributed by atoms with Gasteiger partial charge in [0.15, 0.2) is 0 Å². The Balaban J connectivity index is 2.12. The molecule has 0 bridgehead atoms. The zero-order valence-corrected chi connectivity index (χ0v) is 19.0. The van der Waals surface area contributed by atoms with Crippen molar-refractivity contribution in [3.63, 3.8) is 0 Å². The number of methoxy groups -OCH3 is 2. The number of ether oxygens (including phenoxy) is 3. The fourth-order valence-corrected chi connectivity index (χ4v) is 4.32. The third-order valence-electron chi connectivity index (χ3n) is 4.66. The predicted molar refractivity (Wildman–Crippen MR) is 116 cm³/mol. The molecule has 4 aromatic rings. The largest absolute Gasteiger partial charge is 0.478 e. The molecule has 0 aliphatic heterocycles. The number of halogens is 3. The summed E-state index contributed by atoms with van der Waals surface area (Å²) in [5, 5.41) is 13.5. The van der Waals surface area contributed by atoms with Crippen LogP contribution in [0.25, 0.3) is 28.0 Å². The highest BCUT2D eigenvalue weighted by Gasteiger charge is 2.27.